The van der Waals surface area contributed by atoms with Crippen molar-refractivity contribution in [2.45, 2.75) is 6.42 Å². The van der Waals surface area contributed by atoms with Gasteiger partial charge in [-0.15, -0.1) is 0 Å². The quantitative estimate of drug-likeness (QED) is 0.860. The molecule has 4 heterocycles. The third-order valence-corrected chi connectivity index (χ3v) is 3.70. The van der Waals surface area contributed by atoms with Crippen LogP contribution in [0.3, 0.4) is 0 Å². The Hall–Kier alpha value is -3.14. The van der Waals surface area contributed by atoms with Crippen LogP contribution in [0.4, 0.5) is 0 Å². The maximum absolute atomic E-state index is 4.25. The second-order valence-corrected chi connectivity index (χ2v) is 5.52. The standard InChI is InChI=1S/C19H16N4/c1-3-16(20-5-1)10-18-8-14(12-22-18)7-15-9-19(23-13-15)11-17-4-2-6-21-17/h1-6,8-13,22-23H,7H2/b16-10-,17-11-. The molecule has 0 bridgehead atoms. The van der Waals surface area contributed by atoms with Crippen LogP contribution in [-0.2, 0) is 6.42 Å². The van der Waals surface area contributed by atoms with Crippen LogP contribution in [0.2, 0.25) is 0 Å². The molecule has 0 fully saturated rings. The van der Waals surface area contributed by atoms with E-state index in [0.29, 0.717) is 0 Å². The Labute approximate surface area is 134 Å². The number of aliphatic imine (C=N–C) groups is 2. The number of rotatable bonds is 4. The fourth-order valence-corrected chi connectivity index (χ4v) is 2.64. The predicted octanol–water partition coefficient (Wildman–Crippen LogP) is 3.90. The number of nitrogens with zero attached hydrogens (tertiary/aromatic N) is 2. The van der Waals surface area contributed by atoms with Crippen LogP contribution in [-0.4, -0.2) is 22.4 Å². The summed E-state index contributed by atoms with van der Waals surface area (Å²) in [4.78, 5) is 15.1. The van der Waals surface area contributed by atoms with Gasteiger partial charge in [0, 0.05) is 42.6 Å². The molecule has 0 aromatic carbocycles. The summed E-state index contributed by atoms with van der Waals surface area (Å²) in [6, 6.07) is 4.31. The minimum Gasteiger partial charge on any atom is -0.361 e. The molecule has 2 aromatic rings. The van der Waals surface area contributed by atoms with Crippen LogP contribution in [0.25, 0.3) is 12.2 Å². The molecule has 0 radical (unpaired) electrons. The average Bonchev–Trinajstić information content (AvgIpc) is 3.31. The molecule has 112 valence electrons. The minimum atomic E-state index is 0.886. The highest BCUT2D eigenvalue weighted by Gasteiger charge is 2.04. The Bertz CT molecular complexity index is 795. The molecule has 0 aliphatic carbocycles. The van der Waals surface area contributed by atoms with Gasteiger partial charge in [0.05, 0.1) is 11.4 Å². The van der Waals surface area contributed by atoms with E-state index >= 15 is 0 Å². The first kappa shape index (κ1) is 13.5. The Balaban J connectivity index is 1.46. The molecule has 0 saturated carbocycles. The molecule has 23 heavy (non-hydrogen) atoms. The van der Waals surface area contributed by atoms with Crippen molar-refractivity contribution in [1.82, 2.24) is 9.97 Å². The van der Waals surface area contributed by atoms with E-state index in [0.717, 1.165) is 29.2 Å². The fraction of sp³-hybridized carbons (Fsp3) is 0.0526. The molecule has 2 aliphatic heterocycles. The van der Waals surface area contributed by atoms with E-state index < -0.39 is 0 Å². The molecule has 0 saturated heterocycles. The summed E-state index contributed by atoms with van der Waals surface area (Å²) in [5, 5.41) is 0. The van der Waals surface area contributed by atoms with Crippen molar-refractivity contribution in [3.63, 3.8) is 0 Å². The maximum atomic E-state index is 4.25. The topological polar surface area (TPSA) is 56.3 Å². The van der Waals surface area contributed by atoms with Crippen molar-refractivity contribution in [2.75, 3.05) is 0 Å². The van der Waals surface area contributed by atoms with Crippen LogP contribution < -0.4 is 0 Å². The SMILES string of the molecule is C1=C/C(=C/c2cc(Cc3c[nH]c(/C=C4/C=CC=N4)c3)c[nH]2)N=C1. The molecule has 0 spiro atoms. The Morgan fingerprint density at radius 3 is 1.74 bits per heavy atom. The first-order valence-electron chi connectivity index (χ1n) is 7.55. The highest BCUT2D eigenvalue weighted by Crippen LogP contribution is 2.17. The van der Waals surface area contributed by atoms with Crippen molar-refractivity contribution >= 4 is 24.6 Å². The smallest absolute Gasteiger partial charge is 0.0650 e. The number of allylic oxidation sites excluding steroid dienone is 4. The first-order chi connectivity index (χ1) is 11.3. The van der Waals surface area contributed by atoms with Crippen molar-refractivity contribution in [3.05, 3.63) is 82.7 Å². The van der Waals surface area contributed by atoms with E-state index in [9.17, 15) is 0 Å². The van der Waals surface area contributed by atoms with Gasteiger partial charge < -0.3 is 9.97 Å². The summed E-state index contributed by atoms with van der Waals surface area (Å²) >= 11 is 0. The lowest BCUT2D eigenvalue weighted by molar-refractivity contribution is 1.20. The van der Waals surface area contributed by atoms with E-state index in [2.05, 4.69) is 32.1 Å². The third kappa shape index (κ3) is 3.21. The maximum Gasteiger partial charge on any atom is 0.0650 e. The molecule has 4 heteroatoms. The largest absolute Gasteiger partial charge is 0.361 e. The van der Waals surface area contributed by atoms with Gasteiger partial charge in [-0.3, -0.25) is 9.98 Å². The van der Waals surface area contributed by atoms with Gasteiger partial charge in [0.1, 0.15) is 0 Å². The summed E-state index contributed by atoms with van der Waals surface area (Å²) in [6.45, 7) is 0. The first-order valence-corrected chi connectivity index (χ1v) is 7.55. The number of hydrogen-bond acceptors (Lipinski definition) is 2. The summed E-state index contributed by atoms with van der Waals surface area (Å²) < 4.78 is 0. The van der Waals surface area contributed by atoms with E-state index in [1.165, 1.54) is 11.1 Å². The van der Waals surface area contributed by atoms with Gasteiger partial charge in [0.15, 0.2) is 0 Å². The zero-order valence-electron chi connectivity index (χ0n) is 12.5. The minimum absolute atomic E-state index is 0.886. The molecule has 0 amide bonds. The van der Waals surface area contributed by atoms with Gasteiger partial charge in [0.2, 0.25) is 0 Å². The second kappa shape index (κ2) is 5.93. The zero-order chi connectivity index (χ0) is 15.5. The van der Waals surface area contributed by atoms with Crippen LogP contribution >= 0.6 is 0 Å². The molecular weight excluding hydrogens is 284 g/mol. The number of hydrogen-bond donors (Lipinski definition) is 2. The van der Waals surface area contributed by atoms with Crippen molar-refractivity contribution in [1.29, 1.82) is 0 Å². The molecule has 4 rings (SSSR count). The summed E-state index contributed by atoms with van der Waals surface area (Å²) in [7, 11) is 0. The second-order valence-electron chi connectivity index (χ2n) is 5.52. The number of nitrogens with one attached hydrogen (secondary N) is 2. The number of aromatic nitrogens is 2. The van der Waals surface area contributed by atoms with E-state index in [-0.39, 0.29) is 0 Å². The van der Waals surface area contributed by atoms with Crippen LogP contribution in [0.5, 0.6) is 0 Å². The molecule has 4 nitrogen and oxygen atoms in total. The van der Waals surface area contributed by atoms with E-state index in [1.807, 2.05) is 48.8 Å². The van der Waals surface area contributed by atoms with Crippen LogP contribution in [0.15, 0.2) is 70.2 Å². The molecule has 0 atom stereocenters. The summed E-state index contributed by atoms with van der Waals surface area (Å²) in [5.41, 5.74) is 6.59. The molecule has 2 aliphatic rings. The van der Waals surface area contributed by atoms with Crippen molar-refractivity contribution < 1.29 is 0 Å². The monoisotopic (exact) mass is 300 g/mol. The van der Waals surface area contributed by atoms with Crippen LogP contribution in [0, 0.1) is 0 Å². The normalized spacial score (nSPS) is 19.0. The fourth-order valence-electron chi connectivity index (χ4n) is 2.64. The Morgan fingerprint density at radius 1 is 0.783 bits per heavy atom. The third-order valence-electron chi connectivity index (χ3n) is 3.70. The molecular formula is C19H16N4. The summed E-state index contributed by atoms with van der Waals surface area (Å²) in [5.74, 6) is 0. The van der Waals surface area contributed by atoms with Crippen molar-refractivity contribution in [3.8, 4) is 0 Å². The van der Waals surface area contributed by atoms with Gasteiger partial charge in [-0.05, 0) is 59.7 Å². The lowest BCUT2D eigenvalue weighted by atomic mass is 10.1. The number of H-pyrrole nitrogens is 2. The lowest BCUT2D eigenvalue weighted by Crippen LogP contribution is -1.81. The van der Waals surface area contributed by atoms with Gasteiger partial charge in [-0.2, -0.15) is 0 Å². The average molecular weight is 300 g/mol. The Morgan fingerprint density at radius 2 is 1.30 bits per heavy atom. The molecule has 0 unspecified atom stereocenters. The van der Waals surface area contributed by atoms with Gasteiger partial charge in [0.25, 0.3) is 0 Å². The highest BCUT2D eigenvalue weighted by molar-refractivity contribution is 5.79. The molecule has 2 N–H and O–H groups in total. The van der Waals surface area contributed by atoms with Gasteiger partial charge in [-0.25, -0.2) is 0 Å². The predicted molar refractivity (Wildman–Crippen MR) is 95.6 cm³/mol. The van der Waals surface area contributed by atoms with Gasteiger partial charge in [-0.1, -0.05) is 0 Å². The van der Waals surface area contributed by atoms with Crippen molar-refractivity contribution in [2.24, 2.45) is 9.98 Å². The Kier molecular flexibility index (Phi) is 3.48. The number of aromatic amines is 2. The van der Waals surface area contributed by atoms with E-state index in [4.69, 9.17) is 0 Å². The van der Waals surface area contributed by atoms with Gasteiger partial charge >= 0.3 is 0 Å². The van der Waals surface area contributed by atoms with E-state index in [1.54, 1.807) is 12.4 Å². The highest BCUT2D eigenvalue weighted by atomic mass is 14.8. The van der Waals surface area contributed by atoms with Crippen LogP contribution in [0.1, 0.15) is 22.5 Å². The zero-order valence-corrected chi connectivity index (χ0v) is 12.5. The summed E-state index contributed by atoms with van der Waals surface area (Å²) in [6.07, 6.45) is 20.5. The lowest BCUT2D eigenvalue weighted by Gasteiger charge is -1.92. The molecule has 2 aromatic heterocycles.